The molecule has 0 aromatic carbocycles. The Bertz CT molecular complexity index is 675. The minimum absolute atomic E-state index is 0.0188. The van der Waals surface area contributed by atoms with Gasteiger partial charge in [0, 0.05) is 39.0 Å². The van der Waals surface area contributed by atoms with Crippen molar-refractivity contribution in [1.29, 1.82) is 0 Å². The van der Waals surface area contributed by atoms with Crippen molar-refractivity contribution < 1.29 is 9.53 Å². The molecule has 0 N–H and O–H groups in total. The normalized spacial score (nSPS) is 17.6. The molecule has 0 radical (unpaired) electrons. The van der Waals surface area contributed by atoms with E-state index in [0.717, 1.165) is 12.1 Å². The molecule has 2 aromatic rings. The van der Waals surface area contributed by atoms with Crippen LogP contribution in [0.4, 0.5) is 0 Å². The molecule has 22 heavy (non-hydrogen) atoms. The first-order valence-corrected chi connectivity index (χ1v) is 7.47. The van der Waals surface area contributed by atoms with E-state index in [0.29, 0.717) is 25.5 Å². The number of nitrogens with zero attached hydrogens (tertiary/aromatic N) is 5. The predicted molar refractivity (Wildman–Crippen MR) is 80.3 cm³/mol. The topological polar surface area (TPSA) is 65.2 Å². The first-order valence-electron chi connectivity index (χ1n) is 7.47. The lowest BCUT2D eigenvalue weighted by Gasteiger charge is -2.35. The lowest BCUT2D eigenvalue weighted by atomic mass is 10.0. The zero-order valence-electron chi connectivity index (χ0n) is 13.2. The second kappa shape index (κ2) is 5.92. The lowest BCUT2D eigenvalue weighted by molar-refractivity contribution is 0.0378. The molecule has 3 rings (SSSR count). The summed E-state index contributed by atoms with van der Waals surface area (Å²) in [5.41, 5.74) is 2.73. The first kappa shape index (κ1) is 14.8. The molecule has 1 unspecified atom stereocenters. The number of ether oxygens (including phenoxy) is 1. The maximum Gasteiger partial charge on any atom is 0.272 e. The number of hydrogen-bond acceptors (Lipinski definition) is 4. The molecule has 2 aromatic heterocycles. The van der Waals surface area contributed by atoms with Gasteiger partial charge in [0.05, 0.1) is 31.2 Å². The van der Waals surface area contributed by atoms with Crippen LogP contribution in [0.5, 0.6) is 0 Å². The number of hydrogen-bond donors (Lipinski definition) is 0. The van der Waals surface area contributed by atoms with Crippen LogP contribution in [0.15, 0.2) is 18.6 Å². The molecule has 0 fully saturated rings. The summed E-state index contributed by atoms with van der Waals surface area (Å²) in [5.74, 6) is -0.0268. The molecule has 1 aliphatic rings. The van der Waals surface area contributed by atoms with Crippen molar-refractivity contribution in [2.75, 3.05) is 13.2 Å². The zero-order valence-corrected chi connectivity index (χ0v) is 13.2. The largest absolute Gasteiger partial charge is 0.380 e. The van der Waals surface area contributed by atoms with Crippen molar-refractivity contribution in [3.8, 4) is 0 Å². The van der Waals surface area contributed by atoms with Crippen LogP contribution in [0.1, 0.15) is 28.8 Å². The Balaban J connectivity index is 1.89. The highest BCUT2D eigenvalue weighted by Gasteiger charge is 2.33. The van der Waals surface area contributed by atoms with Crippen LogP contribution in [0.25, 0.3) is 0 Å². The molecule has 1 atom stereocenters. The second-order valence-corrected chi connectivity index (χ2v) is 5.54. The number of rotatable bonds is 4. The minimum Gasteiger partial charge on any atom is -0.380 e. The number of amides is 1. The quantitative estimate of drug-likeness (QED) is 0.836. The molecule has 0 aliphatic carbocycles. The molecule has 0 spiro atoms. The Hall–Kier alpha value is -2.15. The molecule has 3 heterocycles. The van der Waals surface area contributed by atoms with Crippen molar-refractivity contribution in [2.45, 2.75) is 25.9 Å². The number of carbonyl (C=O) groups excluding carboxylic acids is 1. The highest BCUT2D eigenvalue weighted by atomic mass is 16.5. The van der Waals surface area contributed by atoms with Gasteiger partial charge in [0.1, 0.15) is 5.69 Å². The monoisotopic (exact) mass is 303 g/mol. The fourth-order valence-corrected chi connectivity index (χ4v) is 2.89. The van der Waals surface area contributed by atoms with E-state index in [-0.39, 0.29) is 11.9 Å². The summed E-state index contributed by atoms with van der Waals surface area (Å²) >= 11 is 0. The summed E-state index contributed by atoms with van der Waals surface area (Å²) in [6, 6.07) is 1.76. The lowest BCUT2D eigenvalue weighted by Crippen LogP contribution is -2.47. The average Bonchev–Trinajstić information content (AvgIpc) is 3.10. The zero-order chi connectivity index (χ0) is 15.7. The Morgan fingerprint density at radius 1 is 1.45 bits per heavy atom. The van der Waals surface area contributed by atoms with Crippen LogP contribution in [0.3, 0.4) is 0 Å². The fourth-order valence-electron chi connectivity index (χ4n) is 2.89. The van der Waals surface area contributed by atoms with Crippen molar-refractivity contribution in [2.24, 2.45) is 14.1 Å². The number of aryl methyl sites for hydroxylation is 2. The molecule has 0 saturated carbocycles. The summed E-state index contributed by atoms with van der Waals surface area (Å²) in [7, 11) is 3.77. The third-order valence-electron chi connectivity index (χ3n) is 4.15. The Kier molecular flexibility index (Phi) is 3.98. The SMILES string of the molecule is CCOCC1Cc2c(ncn2C)CN1C(=O)c1ccnn1C. The molecule has 7 heteroatoms. The smallest absolute Gasteiger partial charge is 0.272 e. The third-order valence-corrected chi connectivity index (χ3v) is 4.15. The third kappa shape index (κ3) is 2.52. The van der Waals surface area contributed by atoms with Gasteiger partial charge >= 0.3 is 0 Å². The molecule has 0 bridgehead atoms. The van der Waals surface area contributed by atoms with Gasteiger partial charge in [-0.05, 0) is 13.0 Å². The average molecular weight is 303 g/mol. The van der Waals surface area contributed by atoms with Crippen LogP contribution < -0.4 is 0 Å². The van der Waals surface area contributed by atoms with Crippen LogP contribution >= 0.6 is 0 Å². The van der Waals surface area contributed by atoms with Crippen LogP contribution in [-0.4, -0.2) is 49.4 Å². The number of imidazole rings is 1. The highest BCUT2D eigenvalue weighted by Crippen LogP contribution is 2.24. The van der Waals surface area contributed by atoms with Gasteiger partial charge in [-0.3, -0.25) is 9.48 Å². The van der Waals surface area contributed by atoms with E-state index in [1.54, 1.807) is 30.3 Å². The molecular weight excluding hydrogens is 282 g/mol. The van der Waals surface area contributed by atoms with Gasteiger partial charge in [-0.1, -0.05) is 0 Å². The molecule has 118 valence electrons. The van der Waals surface area contributed by atoms with Gasteiger partial charge in [0.2, 0.25) is 0 Å². The Labute approximate surface area is 129 Å². The molecule has 1 amide bonds. The van der Waals surface area contributed by atoms with Crippen LogP contribution in [0, 0.1) is 0 Å². The van der Waals surface area contributed by atoms with Crippen molar-refractivity contribution in [1.82, 2.24) is 24.2 Å². The van der Waals surface area contributed by atoms with Gasteiger partial charge in [-0.15, -0.1) is 0 Å². The summed E-state index contributed by atoms with van der Waals surface area (Å²) in [5, 5.41) is 4.09. The maximum atomic E-state index is 12.8. The number of aromatic nitrogens is 4. The van der Waals surface area contributed by atoms with Crippen molar-refractivity contribution >= 4 is 5.91 Å². The predicted octanol–water partition coefficient (Wildman–Crippen LogP) is 0.757. The van der Waals surface area contributed by atoms with Gasteiger partial charge in [-0.2, -0.15) is 5.10 Å². The van der Waals surface area contributed by atoms with Crippen molar-refractivity contribution in [3.05, 3.63) is 35.7 Å². The molecular formula is C15H21N5O2. The standard InChI is InChI=1S/C15H21N5O2/c1-4-22-9-11-7-14-12(16-10-18(14)2)8-20(11)15(21)13-5-6-17-19(13)3/h5-6,10-11H,4,7-9H2,1-3H3. The number of carbonyl (C=O) groups is 1. The van der Waals surface area contributed by atoms with Crippen molar-refractivity contribution in [3.63, 3.8) is 0 Å². The maximum absolute atomic E-state index is 12.8. The summed E-state index contributed by atoms with van der Waals surface area (Å²) in [4.78, 5) is 19.1. The van der Waals surface area contributed by atoms with Gasteiger partial charge in [0.15, 0.2) is 0 Å². The van der Waals surface area contributed by atoms with E-state index in [4.69, 9.17) is 4.74 Å². The molecule has 1 aliphatic heterocycles. The molecule has 0 saturated heterocycles. The first-order chi connectivity index (χ1) is 10.6. The summed E-state index contributed by atoms with van der Waals surface area (Å²) < 4.78 is 9.22. The van der Waals surface area contributed by atoms with E-state index in [1.165, 1.54) is 5.69 Å². The van der Waals surface area contributed by atoms with Gasteiger partial charge in [0.25, 0.3) is 5.91 Å². The summed E-state index contributed by atoms with van der Waals surface area (Å²) in [6.45, 7) is 3.65. The van der Waals surface area contributed by atoms with E-state index >= 15 is 0 Å². The van der Waals surface area contributed by atoms with E-state index in [9.17, 15) is 4.79 Å². The van der Waals surface area contributed by atoms with E-state index in [1.807, 2.05) is 23.4 Å². The van der Waals surface area contributed by atoms with E-state index in [2.05, 4.69) is 10.1 Å². The Morgan fingerprint density at radius 2 is 2.27 bits per heavy atom. The fraction of sp³-hybridized carbons (Fsp3) is 0.533. The summed E-state index contributed by atoms with van der Waals surface area (Å²) in [6.07, 6.45) is 4.21. The van der Waals surface area contributed by atoms with E-state index < -0.39 is 0 Å². The Morgan fingerprint density at radius 3 is 2.95 bits per heavy atom. The number of fused-ring (bicyclic) bond motifs is 1. The van der Waals surface area contributed by atoms with Gasteiger partial charge in [-0.25, -0.2) is 4.98 Å². The van der Waals surface area contributed by atoms with Crippen LogP contribution in [0.2, 0.25) is 0 Å². The molecule has 7 nitrogen and oxygen atoms in total. The van der Waals surface area contributed by atoms with Gasteiger partial charge < -0.3 is 14.2 Å². The van der Waals surface area contributed by atoms with Crippen LogP contribution in [-0.2, 0) is 31.8 Å². The highest BCUT2D eigenvalue weighted by molar-refractivity contribution is 5.92. The second-order valence-electron chi connectivity index (χ2n) is 5.54. The minimum atomic E-state index is -0.0268.